The van der Waals surface area contributed by atoms with Gasteiger partial charge in [-0.05, 0) is 19.8 Å². The summed E-state index contributed by atoms with van der Waals surface area (Å²) >= 11 is 0. The topological polar surface area (TPSA) is 86.6 Å². The number of nitrogens with one attached hydrogen (secondary N) is 1. The molecule has 5 nitrogen and oxygen atoms in total. The van der Waals surface area contributed by atoms with Crippen LogP contribution in [0, 0.1) is 0 Å². The normalized spacial score (nSPS) is 22.9. The second-order valence-electron chi connectivity index (χ2n) is 4.78. The molecule has 1 rings (SSSR count). The average Bonchev–Trinajstić information content (AvgIpc) is 2.28. The van der Waals surface area contributed by atoms with Gasteiger partial charge >= 0.3 is 0 Å². The van der Waals surface area contributed by atoms with Crippen LogP contribution in [-0.2, 0) is 10.0 Å². The Kier molecular flexibility index (Phi) is 4.73. The smallest absolute Gasteiger partial charge is 0.214 e. The number of hydrogen-bond donors (Lipinski definition) is 3. The van der Waals surface area contributed by atoms with Crippen LogP contribution < -0.4 is 4.72 Å². The lowest BCUT2D eigenvalue weighted by Gasteiger charge is -2.25. The van der Waals surface area contributed by atoms with E-state index in [1.54, 1.807) is 0 Å². The molecule has 0 aromatic carbocycles. The minimum Gasteiger partial charge on any atom is -0.393 e. The second-order valence-corrected chi connectivity index (χ2v) is 6.83. The van der Waals surface area contributed by atoms with Crippen LogP contribution in [0.4, 0.5) is 0 Å². The van der Waals surface area contributed by atoms with Crippen molar-refractivity contribution in [2.75, 3.05) is 13.2 Å². The van der Waals surface area contributed by atoms with E-state index in [1.165, 1.54) is 6.92 Å². The predicted octanol–water partition coefficient (Wildman–Crippen LogP) is -0.0182. The molecule has 0 saturated heterocycles. The maximum atomic E-state index is 11.8. The summed E-state index contributed by atoms with van der Waals surface area (Å²) in [5.74, 6) is 0. The van der Waals surface area contributed by atoms with Gasteiger partial charge in [-0.3, -0.25) is 0 Å². The highest BCUT2D eigenvalue weighted by molar-refractivity contribution is 7.90. The Bertz CT molecular complexity index is 307. The van der Waals surface area contributed by atoms with Crippen LogP contribution in [0.15, 0.2) is 0 Å². The first kappa shape index (κ1) is 13.9. The summed E-state index contributed by atoms with van der Waals surface area (Å²) in [6.07, 6.45) is 4.37. The summed E-state index contributed by atoms with van der Waals surface area (Å²) in [7, 11) is -3.35. The van der Waals surface area contributed by atoms with Crippen molar-refractivity contribution in [2.24, 2.45) is 0 Å². The SMILES string of the molecule is CC(O)(CO)CNS(=O)(=O)C1CCCCC1. The van der Waals surface area contributed by atoms with Gasteiger partial charge in [-0.2, -0.15) is 0 Å². The van der Waals surface area contributed by atoms with Crippen molar-refractivity contribution in [3.63, 3.8) is 0 Å². The van der Waals surface area contributed by atoms with E-state index in [2.05, 4.69) is 4.72 Å². The van der Waals surface area contributed by atoms with Gasteiger partial charge in [0.15, 0.2) is 0 Å². The number of rotatable bonds is 5. The minimum atomic E-state index is -3.35. The summed E-state index contributed by atoms with van der Waals surface area (Å²) in [5.41, 5.74) is -1.39. The first-order valence-corrected chi connectivity index (χ1v) is 7.24. The van der Waals surface area contributed by atoms with Gasteiger partial charge < -0.3 is 10.2 Å². The van der Waals surface area contributed by atoms with Gasteiger partial charge in [-0.25, -0.2) is 13.1 Å². The molecule has 0 heterocycles. The van der Waals surface area contributed by atoms with Gasteiger partial charge in [0.05, 0.1) is 17.5 Å². The molecule has 1 saturated carbocycles. The van der Waals surface area contributed by atoms with Crippen molar-refractivity contribution < 1.29 is 18.6 Å². The molecule has 0 spiro atoms. The summed E-state index contributed by atoms with van der Waals surface area (Å²) in [6.45, 7) is 0.804. The molecule has 0 radical (unpaired) electrons. The van der Waals surface area contributed by atoms with Crippen LogP contribution in [0.25, 0.3) is 0 Å². The maximum Gasteiger partial charge on any atom is 0.214 e. The van der Waals surface area contributed by atoms with Crippen LogP contribution in [0.1, 0.15) is 39.0 Å². The van der Waals surface area contributed by atoms with Crippen LogP contribution in [0.5, 0.6) is 0 Å². The Hall–Kier alpha value is -0.170. The summed E-state index contributed by atoms with van der Waals surface area (Å²) in [4.78, 5) is 0. The molecule has 1 aliphatic carbocycles. The molecule has 1 fully saturated rings. The van der Waals surface area contributed by atoms with E-state index in [1.807, 2.05) is 0 Å². The monoisotopic (exact) mass is 251 g/mol. The van der Waals surface area contributed by atoms with Crippen molar-refractivity contribution in [1.82, 2.24) is 4.72 Å². The van der Waals surface area contributed by atoms with E-state index in [4.69, 9.17) is 5.11 Å². The van der Waals surface area contributed by atoms with Gasteiger partial charge in [0.1, 0.15) is 0 Å². The van der Waals surface area contributed by atoms with Gasteiger partial charge in [0.25, 0.3) is 0 Å². The Balaban J connectivity index is 2.51. The lowest BCUT2D eigenvalue weighted by molar-refractivity contribution is 0.00675. The molecule has 3 N–H and O–H groups in total. The fraction of sp³-hybridized carbons (Fsp3) is 1.00. The zero-order chi connectivity index (χ0) is 12.2. The predicted molar refractivity (Wildman–Crippen MR) is 61.5 cm³/mol. The van der Waals surface area contributed by atoms with E-state index in [0.29, 0.717) is 12.8 Å². The quantitative estimate of drug-likeness (QED) is 0.641. The molecule has 6 heteroatoms. The van der Waals surface area contributed by atoms with Crippen LogP contribution in [0.3, 0.4) is 0 Å². The van der Waals surface area contributed by atoms with Crippen LogP contribution in [-0.4, -0.2) is 42.6 Å². The zero-order valence-electron chi connectivity index (χ0n) is 9.65. The van der Waals surface area contributed by atoms with Gasteiger partial charge in [0, 0.05) is 6.54 Å². The molecule has 0 aromatic rings. The van der Waals surface area contributed by atoms with Gasteiger partial charge in [-0.1, -0.05) is 19.3 Å². The maximum absolute atomic E-state index is 11.8. The molecular formula is C10H21NO4S. The fourth-order valence-electron chi connectivity index (χ4n) is 1.81. The average molecular weight is 251 g/mol. The minimum absolute atomic E-state index is 0.137. The second kappa shape index (κ2) is 5.44. The number of sulfonamides is 1. The van der Waals surface area contributed by atoms with Crippen molar-refractivity contribution in [3.8, 4) is 0 Å². The van der Waals surface area contributed by atoms with Gasteiger partial charge in [0.2, 0.25) is 10.0 Å². The first-order chi connectivity index (χ1) is 7.37. The van der Waals surface area contributed by atoms with E-state index >= 15 is 0 Å². The van der Waals surface area contributed by atoms with Crippen LogP contribution >= 0.6 is 0 Å². The van der Waals surface area contributed by atoms with Crippen molar-refractivity contribution in [3.05, 3.63) is 0 Å². The number of hydrogen-bond acceptors (Lipinski definition) is 4. The summed E-state index contributed by atoms with van der Waals surface area (Å²) < 4.78 is 26.1. The van der Waals surface area contributed by atoms with Crippen molar-refractivity contribution >= 4 is 10.0 Å². The van der Waals surface area contributed by atoms with Crippen LogP contribution in [0.2, 0.25) is 0 Å². The Labute approximate surface area is 96.9 Å². The highest BCUT2D eigenvalue weighted by Crippen LogP contribution is 2.23. The molecule has 0 bridgehead atoms. The first-order valence-electron chi connectivity index (χ1n) is 5.69. The zero-order valence-corrected chi connectivity index (χ0v) is 10.5. The van der Waals surface area contributed by atoms with E-state index in [-0.39, 0.29) is 11.8 Å². The molecule has 0 aromatic heterocycles. The third-order valence-electron chi connectivity index (χ3n) is 2.99. The highest BCUT2D eigenvalue weighted by Gasteiger charge is 2.29. The summed E-state index contributed by atoms with van der Waals surface area (Å²) in [5, 5.41) is 18.0. The highest BCUT2D eigenvalue weighted by atomic mass is 32.2. The van der Waals surface area contributed by atoms with E-state index in [9.17, 15) is 13.5 Å². The fourth-order valence-corrected chi connectivity index (χ4v) is 3.51. The Morgan fingerprint density at radius 1 is 1.31 bits per heavy atom. The number of aliphatic hydroxyl groups is 2. The standard InChI is InChI=1S/C10H21NO4S/c1-10(13,8-12)7-11-16(14,15)9-5-3-2-4-6-9/h9,11-13H,2-8H2,1H3. The lowest BCUT2D eigenvalue weighted by Crippen LogP contribution is -2.46. The lowest BCUT2D eigenvalue weighted by atomic mass is 10.0. The van der Waals surface area contributed by atoms with E-state index < -0.39 is 22.2 Å². The Morgan fingerprint density at radius 3 is 2.38 bits per heavy atom. The third kappa shape index (κ3) is 4.01. The molecule has 96 valence electrons. The molecule has 1 unspecified atom stereocenters. The van der Waals surface area contributed by atoms with Gasteiger partial charge in [-0.15, -0.1) is 0 Å². The molecule has 0 amide bonds. The largest absolute Gasteiger partial charge is 0.393 e. The van der Waals surface area contributed by atoms with Crippen molar-refractivity contribution in [2.45, 2.75) is 49.9 Å². The molecule has 1 atom stereocenters. The number of aliphatic hydroxyl groups excluding tert-OH is 1. The molecule has 1 aliphatic rings. The van der Waals surface area contributed by atoms with E-state index in [0.717, 1.165) is 19.3 Å². The Morgan fingerprint density at radius 2 is 1.88 bits per heavy atom. The summed E-state index contributed by atoms with van der Waals surface area (Å²) in [6, 6.07) is 0. The molecule has 16 heavy (non-hydrogen) atoms. The molecular weight excluding hydrogens is 230 g/mol. The van der Waals surface area contributed by atoms with Crippen molar-refractivity contribution in [1.29, 1.82) is 0 Å². The third-order valence-corrected chi connectivity index (χ3v) is 4.88. The molecule has 0 aliphatic heterocycles.